The van der Waals surface area contributed by atoms with Gasteiger partial charge < -0.3 is 5.11 Å². The van der Waals surface area contributed by atoms with Gasteiger partial charge in [-0.05, 0) is 79.9 Å². The molecule has 0 saturated heterocycles. The van der Waals surface area contributed by atoms with E-state index >= 15 is 0 Å². The van der Waals surface area contributed by atoms with Gasteiger partial charge in [-0.3, -0.25) is 0 Å². The molecule has 2 fully saturated rings. The van der Waals surface area contributed by atoms with E-state index in [2.05, 4.69) is 6.92 Å². The Balaban J connectivity index is 1.52. The number of rotatable bonds is 6. The second-order valence-corrected chi connectivity index (χ2v) is 9.16. The van der Waals surface area contributed by atoms with E-state index in [9.17, 15) is 18.3 Å². The molecule has 0 atom stereocenters. The van der Waals surface area contributed by atoms with Crippen LogP contribution in [-0.2, 0) is 6.18 Å². The van der Waals surface area contributed by atoms with Crippen LogP contribution in [0.25, 0.3) is 0 Å². The lowest BCUT2D eigenvalue weighted by Crippen LogP contribution is -2.26. The van der Waals surface area contributed by atoms with Crippen molar-refractivity contribution in [3.63, 3.8) is 0 Å². The molecule has 1 aromatic carbocycles. The minimum Gasteiger partial charge on any atom is -0.508 e. The Bertz CT molecular complexity index is 609. The average molecular weight is 397 g/mol. The van der Waals surface area contributed by atoms with Crippen molar-refractivity contribution >= 4 is 0 Å². The first-order valence-electron chi connectivity index (χ1n) is 11.3. The molecule has 2 aliphatic rings. The molecule has 0 unspecified atom stereocenters. The second kappa shape index (κ2) is 9.54. The minimum absolute atomic E-state index is 0.0288. The molecule has 0 amide bonds. The van der Waals surface area contributed by atoms with Gasteiger partial charge in [0.1, 0.15) is 5.75 Å². The van der Waals surface area contributed by atoms with Crippen LogP contribution >= 0.6 is 0 Å². The van der Waals surface area contributed by atoms with Gasteiger partial charge in [0.25, 0.3) is 0 Å². The molecule has 1 N–H and O–H groups in total. The molecule has 0 heterocycles. The molecule has 0 aromatic heterocycles. The number of hydrogen-bond acceptors (Lipinski definition) is 1. The maximum atomic E-state index is 13.4. The van der Waals surface area contributed by atoms with E-state index in [0.29, 0.717) is 11.5 Å². The highest BCUT2D eigenvalue weighted by Crippen LogP contribution is 2.47. The molecule has 1 nitrogen and oxygen atoms in total. The summed E-state index contributed by atoms with van der Waals surface area (Å²) in [4.78, 5) is 0. The number of benzene rings is 1. The summed E-state index contributed by atoms with van der Waals surface area (Å²) >= 11 is 0. The molecule has 1 aromatic rings. The van der Waals surface area contributed by atoms with Gasteiger partial charge in [-0.1, -0.05) is 51.5 Å². The summed E-state index contributed by atoms with van der Waals surface area (Å²) in [5.41, 5.74) is -0.271. The Labute approximate surface area is 167 Å². The molecule has 0 radical (unpaired) electrons. The fraction of sp³-hybridized carbons (Fsp3) is 0.750. The van der Waals surface area contributed by atoms with Gasteiger partial charge in [0.2, 0.25) is 0 Å². The highest BCUT2D eigenvalue weighted by Gasteiger charge is 2.37. The first-order valence-corrected chi connectivity index (χ1v) is 11.3. The van der Waals surface area contributed by atoms with E-state index in [1.807, 2.05) is 0 Å². The Kier molecular flexibility index (Phi) is 7.33. The van der Waals surface area contributed by atoms with Crippen LogP contribution in [0.1, 0.15) is 101 Å². The average Bonchev–Trinajstić information content (AvgIpc) is 2.68. The quantitative estimate of drug-likeness (QED) is 0.482. The third-order valence-electron chi connectivity index (χ3n) is 7.33. The predicted molar refractivity (Wildman–Crippen MR) is 107 cm³/mol. The van der Waals surface area contributed by atoms with Crippen LogP contribution in [0.2, 0.25) is 0 Å². The molecule has 4 heteroatoms. The first kappa shape index (κ1) is 21.5. The summed E-state index contributed by atoms with van der Waals surface area (Å²) in [7, 11) is 0. The largest absolute Gasteiger partial charge is 0.508 e. The summed E-state index contributed by atoms with van der Waals surface area (Å²) in [5, 5.41) is 9.50. The SMILES string of the molecule is CCCCCC1CCC(C2CCC(c3ccc(O)cc3C(F)(F)F)CC2)CC1. The normalized spacial score (nSPS) is 29.0. The maximum absolute atomic E-state index is 13.4. The Hall–Kier alpha value is -1.19. The fourth-order valence-corrected chi connectivity index (χ4v) is 5.68. The van der Waals surface area contributed by atoms with Gasteiger partial charge >= 0.3 is 6.18 Å². The van der Waals surface area contributed by atoms with Crippen molar-refractivity contribution < 1.29 is 18.3 Å². The van der Waals surface area contributed by atoms with Crippen LogP contribution in [0, 0.1) is 17.8 Å². The van der Waals surface area contributed by atoms with E-state index in [4.69, 9.17) is 0 Å². The van der Waals surface area contributed by atoms with E-state index in [0.717, 1.165) is 43.6 Å². The van der Waals surface area contributed by atoms with Gasteiger partial charge in [-0.15, -0.1) is 0 Å². The smallest absolute Gasteiger partial charge is 0.416 e. The van der Waals surface area contributed by atoms with Crippen molar-refractivity contribution in [3.8, 4) is 5.75 Å². The number of phenolic OH excluding ortho intramolecular Hbond substituents is 1. The van der Waals surface area contributed by atoms with Crippen LogP contribution in [0.5, 0.6) is 5.75 Å². The predicted octanol–water partition coefficient (Wildman–Crippen LogP) is 8.07. The van der Waals surface area contributed by atoms with Crippen molar-refractivity contribution in [2.24, 2.45) is 17.8 Å². The van der Waals surface area contributed by atoms with Crippen molar-refractivity contribution in [1.82, 2.24) is 0 Å². The van der Waals surface area contributed by atoms with E-state index in [1.165, 1.54) is 63.5 Å². The lowest BCUT2D eigenvalue weighted by Gasteiger charge is -2.38. The van der Waals surface area contributed by atoms with Gasteiger partial charge in [-0.25, -0.2) is 0 Å². The molecular formula is C24H35F3O. The zero-order chi connectivity index (χ0) is 20.1. The van der Waals surface area contributed by atoms with E-state index in [-0.39, 0.29) is 11.7 Å². The minimum atomic E-state index is -4.40. The van der Waals surface area contributed by atoms with Crippen molar-refractivity contribution in [2.75, 3.05) is 0 Å². The maximum Gasteiger partial charge on any atom is 0.416 e. The highest BCUT2D eigenvalue weighted by atomic mass is 19.4. The zero-order valence-corrected chi connectivity index (χ0v) is 17.1. The molecule has 0 aliphatic heterocycles. The van der Waals surface area contributed by atoms with Crippen molar-refractivity contribution in [2.45, 2.75) is 96.1 Å². The molecule has 28 heavy (non-hydrogen) atoms. The molecule has 2 aliphatic carbocycles. The number of aromatic hydroxyl groups is 1. The monoisotopic (exact) mass is 396 g/mol. The Morgan fingerprint density at radius 1 is 0.893 bits per heavy atom. The van der Waals surface area contributed by atoms with E-state index in [1.54, 1.807) is 0 Å². The number of hydrogen-bond donors (Lipinski definition) is 1. The molecule has 0 spiro atoms. The number of halogens is 3. The third kappa shape index (κ3) is 5.45. The van der Waals surface area contributed by atoms with E-state index < -0.39 is 11.7 Å². The first-order chi connectivity index (χ1) is 13.4. The van der Waals surface area contributed by atoms with Gasteiger partial charge in [0.05, 0.1) is 5.56 Å². The zero-order valence-electron chi connectivity index (χ0n) is 17.1. The number of unbranched alkanes of at least 4 members (excludes halogenated alkanes) is 2. The molecule has 2 saturated carbocycles. The van der Waals surface area contributed by atoms with Gasteiger partial charge in [0.15, 0.2) is 0 Å². The number of phenols is 1. The second-order valence-electron chi connectivity index (χ2n) is 9.16. The topological polar surface area (TPSA) is 20.2 Å². The molecule has 3 rings (SSSR count). The van der Waals surface area contributed by atoms with Crippen LogP contribution in [0.3, 0.4) is 0 Å². The summed E-state index contributed by atoms with van der Waals surface area (Å²) < 4.78 is 40.2. The lowest BCUT2D eigenvalue weighted by molar-refractivity contribution is -0.138. The third-order valence-corrected chi connectivity index (χ3v) is 7.33. The molecule has 158 valence electrons. The lowest BCUT2D eigenvalue weighted by atomic mass is 9.67. The van der Waals surface area contributed by atoms with Crippen LogP contribution in [0.4, 0.5) is 13.2 Å². The van der Waals surface area contributed by atoms with Crippen LogP contribution in [-0.4, -0.2) is 5.11 Å². The van der Waals surface area contributed by atoms with Crippen molar-refractivity contribution in [1.29, 1.82) is 0 Å². The van der Waals surface area contributed by atoms with Crippen LogP contribution < -0.4 is 0 Å². The summed E-state index contributed by atoms with van der Waals surface area (Å²) in [6.07, 6.45) is 10.1. The highest BCUT2D eigenvalue weighted by molar-refractivity contribution is 5.39. The summed E-state index contributed by atoms with van der Waals surface area (Å²) in [6.45, 7) is 2.25. The standard InChI is InChI=1S/C24H35F3O/c1-2-3-4-5-17-6-8-18(9-7-17)19-10-12-20(13-11-19)22-15-14-21(28)16-23(22)24(25,26)27/h14-20,28H,2-13H2,1H3. The Morgan fingerprint density at radius 3 is 2.07 bits per heavy atom. The summed E-state index contributed by atoms with van der Waals surface area (Å²) in [5.74, 6) is 2.05. The molecule has 0 bridgehead atoms. The number of alkyl halides is 3. The van der Waals surface area contributed by atoms with Crippen LogP contribution in [0.15, 0.2) is 18.2 Å². The summed E-state index contributed by atoms with van der Waals surface area (Å²) in [6, 6.07) is 3.78. The van der Waals surface area contributed by atoms with Crippen molar-refractivity contribution in [3.05, 3.63) is 29.3 Å². The fourth-order valence-electron chi connectivity index (χ4n) is 5.68. The molecular weight excluding hydrogens is 361 g/mol. The van der Waals surface area contributed by atoms with Gasteiger partial charge in [0, 0.05) is 0 Å². The Morgan fingerprint density at radius 2 is 1.50 bits per heavy atom. The van der Waals surface area contributed by atoms with Gasteiger partial charge in [-0.2, -0.15) is 13.2 Å².